The van der Waals surface area contributed by atoms with Gasteiger partial charge in [0.15, 0.2) is 6.29 Å². The van der Waals surface area contributed by atoms with Gasteiger partial charge in [0, 0.05) is 0 Å². The van der Waals surface area contributed by atoms with E-state index in [4.69, 9.17) is 10.5 Å². The summed E-state index contributed by atoms with van der Waals surface area (Å²) in [4.78, 5) is 10.8. The molecule has 0 fully saturated rings. The van der Waals surface area contributed by atoms with Gasteiger partial charge in [0.1, 0.15) is 5.75 Å². The number of nitrogens with two attached hydrogens (primary N) is 1. The van der Waals surface area contributed by atoms with E-state index in [1.54, 1.807) is 6.07 Å². The second-order valence-electron chi connectivity index (χ2n) is 3.10. The molecule has 2 N–H and O–H groups in total. The highest BCUT2D eigenvalue weighted by Crippen LogP contribution is 2.19. The highest BCUT2D eigenvalue weighted by Gasteiger charge is 2.04. The van der Waals surface area contributed by atoms with Gasteiger partial charge in [-0.25, -0.2) is 0 Å². The molecule has 76 valence electrons. The number of benzene rings is 1. The average Bonchev–Trinajstić information content (AvgIpc) is 2.18. The van der Waals surface area contributed by atoms with Crippen molar-refractivity contribution in [2.45, 2.75) is 13.3 Å². The molecule has 0 unspecified atom stereocenters. The lowest BCUT2D eigenvalue weighted by molar-refractivity contribution is 0.111. The Bertz CT molecular complexity index is 310. The zero-order valence-electron chi connectivity index (χ0n) is 8.32. The second-order valence-corrected chi connectivity index (χ2v) is 3.10. The van der Waals surface area contributed by atoms with Crippen LogP contribution in [0.1, 0.15) is 22.3 Å². The first-order valence-corrected chi connectivity index (χ1v) is 4.67. The molecular formula is C11H15NO2. The van der Waals surface area contributed by atoms with E-state index in [0.29, 0.717) is 24.5 Å². The van der Waals surface area contributed by atoms with Crippen LogP contribution in [0, 0.1) is 6.92 Å². The summed E-state index contributed by atoms with van der Waals surface area (Å²) in [6, 6.07) is 5.56. The summed E-state index contributed by atoms with van der Waals surface area (Å²) in [7, 11) is 0. The number of aldehydes is 1. The van der Waals surface area contributed by atoms with Gasteiger partial charge in [0.05, 0.1) is 12.2 Å². The third-order valence-electron chi connectivity index (χ3n) is 2.01. The van der Waals surface area contributed by atoms with Gasteiger partial charge in [0.2, 0.25) is 0 Å². The van der Waals surface area contributed by atoms with E-state index >= 15 is 0 Å². The van der Waals surface area contributed by atoms with Crippen LogP contribution >= 0.6 is 0 Å². The number of aryl methyl sites for hydroxylation is 1. The van der Waals surface area contributed by atoms with Gasteiger partial charge in [-0.2, -0.15) is 0 Å². The quantitative estimate of drug-likeness (QED) is 0.570. The average molecular weight is 193 g/mol. The molecule has 3 heteroatoms. The van der Waals surface area contributed by atoms with Crippen LogP contribution in [0.15, 0.2) is 18.2 Å². The molecule has 0 atom stereocenters. The normalized spacial score (nSPS) is 9.86. The van der Waals surface area contributed by atoms with Crippen LogP contribution in [0.3, 0.4) is 0 Å². The Hall–Kier alpha value is -1.35. The number of hydrogen-bond donors (Lipinski definition) is 1. The topological polar surface area (TPSA) is 52.3 Å². The first-order valence-electron chi connectivity index (χ1n) is 4.67. The van der Waals surface area contributed by atoms with Crippen molar-refractivity contribution in [1.29, 1.82) is 0 Å². The van der Waals surface area contributed by atoms with Crippen LogP contribution in [-0.4, -0.2) is 19.4 Å². The maximum absolute atomic E-state index is 10.8. The standard InChI is InChI=1S/C11H15NO2/c1-9-4-2-5-11(10(9)8-13)14-7-3-6-12/h2,4-5,8H,3,6-7,12H2,1H3. The molecule has 0 aliphatic heterocycles. The molecule has 3 nitrogen and oxygen atoms in total. The number of ether oxygens (including phenoxy) is 1. The molecule has 0 radical (unpaired) electrons. The molecule has 1 rings (SSSR count). The predicted octanol–water partition coefficient (Wildman–Crippen LogP) is 1.54. The number of rotatable bonds is 5. The van der Waals surface area contributed by atoms with Gasteiger partial charge in [-0.3, -0.25) is 4.79 Å². The molecule has 0 saturated heterocycles. The fourth-order valence-electron chi connectivity index (χ4n) is 1.20. The smallest absolute Gasteiger partial charge is 0.154 e. The van der Waals surface area contributed by atoms with Crippen LogP contribution in [0.25, 0.3) is 0 Å². The van der Waals surface area contributed by atoms with Gasteiger partial charge >= 0.3 is 0 Å². The zero-order chi connectivity index (χ0) is 10.4. The molecule has 14 heavy (non-hydrogen) atoms. The first-order chi connectivity index (χ1) is 6.79. The lowest BCUT2D eigenvalue weighted by Gasteiger charge is -2.08. The maximum atomic E-state index is 10.8. The third kappa shape index (κ3) is 2.57. The van der Waals surface area contributed by atoms with E-state index in [-0.39, 0.29) is 0 Å². The first kappa shape index (κ1) is 10.7. The third-order valence-corrected chi connectivity index (χ3v) is 2.01. The largest absolute Gasteiger partial charge is 0.493 e. The van der Waals surface area contributed by atoms with Gasteiger partial charge in [-0.1, -0.05) is 12.1 Å². The fraction of sp³-hybridized carbons (Fsp3) is 0.364. The molecule has 1 aromatic rings. The van der Waals surface area contributed by atoms with Crippen LogP contribution < -0.4 is 10.5 Å². The minimum absolute atomic E-state index is 0.556. The number of hydrogen-bond acceptors (Lipinski definition) is 3. The SMILES string of the molecule is Cc1cccc(OCCCN)c1C=O. The number of carbonyl (C=O) groups is 1. The van der Waals surface area contributed by atoms with Crippen LogP contribution in [-0.2, 0) is 0 Å². The van der Waals surface area contributed by atoms with Gasteiger partial charge < -0.3 is 10.5 Å². The highest BCUT2D eigenvalue weighted by molar-refractivity contribution is 5.81. The summed E-state index contributed by atoms with van der Waals surface area (Å²) < 4.78 is 5.44. The van der Waals surface area contributed by atoms with E-state index in [1.807, 2.05) is 19.1 Å². The van der Waals surface area contributed by atoms with E-state index in [1.165, 1.54) is 0 Å². The Balaban J connectivity index is 2.75. The number of carbonyl (C=O) groups excluding carboxylic acids is 1. The van der Waals surface area contributed by atoms with E-state index < -0.39 is 0 Å². The molecule has 0 aliphatic carbocycles. The van der Waals surface area contributed by atoms with Crippen molar-refractivity contribution in [1.82, 2.24) is 0 Å². The second kappa shape index (κ2) is 5.40. The predicted molar refractivity (Wildman–Crippen MR) is 55.7 cm³/mol. The minimum atomic E-state index is 0.556. The maximum Gasteiger partial charge on any atom is 0.154 e. The van der Waals surface area contributed by atoms with Gasteiger partial charge in [-0.05, 0) is 31.5 Å². The van der Waals surface area contributed by atoms with Crippen molar-refractivity contribution < 1.29 is 9.53 Å². The highest BCUT2D eigenvalue weighted by atomic mass is 16.5. The molecule has 0 heterocycles. The Morgan fingerprint density at radius 3 is 2.93 bits per heavy atom. The molecule has 0 bridgehead atoms. The zero-order valence-corrected chi connectivity index (χ0v) is 8.32. The van der Waals surface area contributed by atoms with E-state index in [2.05, 4.69) is 0 Å². The summed E-state index contributed by atoms with van der Waals surface area (Å²) >= 11 is 0. The van der Waals surface area contributed by atoms with Crippen molar-refractivity contribution >= 4 is 6.29 Å². The molecule has 0 saturated carbocycles. The summed E-state index contributed by atoms with van der Waals surface area (Å²) in [5.74, 6) is 0.647. The molecule has 0 aromatic heterocycles. The monoisotopic (exact) mass is 193 g/mol. The van der Waals surface area contributed by atoms with Crippen molar-refractivity contribution in [3.63, 3.8) is 0 Å². The molecule has 0 aliphatic rings. The summed E-state index contributed by atoms with van der Waals surface area (Å²) in [5, 5.41) is 0. The lowest BCUT2D eigenvalue weighted by atomic mass is 10.1. The van der Waals surface area contributed by atoms with E-state index in [9.17, 15) is 4.79 Å². The molecule has 1 aromatic carbocycles. The summed E-state index contributed by atoms with van der Waals surface area (Å²) in [6.07, 6.45) is 1.62. The molecular weight excluding hydrogens is 178 g/mol. The minimum Gasteiger partial charge on any atom is -0.493 e. The fourth-order valence-corrected chi connectivity index (χ4v) is 1.20. The van der Waals surface area contributed by atoms with Gasteiger partial charge in [-0.15, -0.1) is 0 Å². The molecule has 0 amide bonds. The molecule has 0 spiro atoms. The summed E-state index contributed by atoms with van der Waals surface area (Å²) in [6.45, 7) is 3.04. The van der Waals surface area contributed by atoms with Crippen molar-refractivity contribution in [2.75, 3.05) is 13.2 Å². The lowest BCUT2D eigenvalue weighted by Crippen LogP contribution is -2.07. The summed E-state index contributed by atoms with van der Waals surface area (Å²) in [5.41, 5.74) is 6.91. The Kier molecular flexibility index (Phi) is 4.13. The Morgan fingerprint density at radius 1 is 1.50 bits per heavy atom. The van der Waals surface area contributed by atoms with Gasteiger partial charge in [0.25, 0.3) is 0 Å². The van der Waals surface area contributed by atoms with Crippen LogP contribution in [0.2, 0.25) is 0 Å². The van der Waals surface area contributed by atoms with E-state index in [0.717, 1.165) is 18.3 Å². The Morgan fingerprint density at radius 2 is 2.29 bits per heavy atom. The van der Waals surface area contributed by atoms with Crippen LogP contribution in [0.5, 0.6) is 5.75 Å². The van der Waals surface area contributed by atoms with Crippen LogP contribution in [0.4, 0.5) is 0 Å². The van der Waals surface area contributed by atoms with Crippen molar-refractivity contribution in [3.8, 4) is 5.75 Å². The van der Waals surface area contributed by atoms with Crippen molar-refractivity contribution in [2.24, 2.45) is 5.73 Å². The Labute approximate surface area is 83.9 Å². The van der Waals surface area contributed by atoms with Crippen molar-refractivity contribution in [3.05, 3.63) is 29.3 Å².